The molecule has 0 heterocycles. The highest BCUT2D eigenvalue weighted by molar-refractivity contribution is 6.08. The van der Waals surface area contributed by atoms with E-state index in [1.807, 2.05) is 62.4 Å². The summed E-state index contributed by atoms with van der Waals surface area (Å²) in [5.41, 5.74) is 4.47. The molecule has 4 heteroatoms. The molecule has 136 valence electrons. The summed E-state index contributed by atoms with van der Waals surface area (Å²) in [5.74, 6) is -0.404. The van der Waals surface area contributed by atoms with Crippen molar-refractivity contribution in [2.75, 3.05) is 10.6 Å². The number of para-hydroxylation sites is 1. The van der Waals surface area contributed by atoms with Crippen molar-refractivity contribution in [3.05, 3.63) is 95.1 Å². The molecule has 2 N–H and O–H groups in total. The van der Waals surface area contributed by atoms with E-state index in [2.05, 4.69) is 10.6 Å². The predicted octanol–water partition coefficient (Wildman–Crippen LogP) is 5.06. The third-order valence-corrected chi connectivity index (χ3v) is 4.43. The fraction of sp³-hybridized carbons (Fsp3) is 0.130. The first-order chi connectivity index (χ1) is 13.1. The van der Waals surface area contributed by atoms with Crippen LogP contribution >= 0.6 is 0 Å². The second-order valence-corrected chi connectivity index (χ2v) is 6.31. The maximum atomic E-state index is 12.7. The molecule has 3 rings (SSSR count). The number of carbonyl (C=O) groups excluding carboxylic acids is 2. The van der Waals surface area contributed by atoms with Crippen LogP contribution in [0.4, 0.5) is 11.4 Å². The quantitative estimate of drug-likeness (QED) is 0.669. The van der Waals surface area contributed by atoms with Crippen LogP contribution in [0.1, 0.15) is 38.8 Å². The van der Waals surface area contributed by atoms with E-state index >= 15 is 0 Å². The van der Waals surface area contributed by atoms with Crippen molar-refractivity contribution in [2.45, 2.75) is 20.3 Å². The van der Waals surface area contributed by atoms with Gasteiger partial charge in [0.2, 0.25) is 0 Å². The van der Waals surface area contributed by atoms with Gasteiger partial charge in [0.1, 0.15) is 0 Å². The number of hydrogen-bond donors (Lipinski definition) is 2. The highest BCUT2D eigenvalue weighted by atomic mass is 16.2. The van der Waals surface area contributed by atoms with E-state index in [1.54, 1.807) is 24.3 Å². The highest BCUT2D eigenvalue weighted by Gasteiger charge is 2.12. The number of aryl methyl sites for hydroxylation is 2. The Balaban J connectivity index is 1.80. The Kier molecular flexibility index (Phi) is 5.67. The van der Waals surface area contributed by atoms with Gasteiger partial charge in [0.25, 0.3) is 11.8 Å². The summed E-state index contributed by atoms with van der Waals surface area (Å²) in [6.07, 6.45) is 0.836. The molecule has 0 spiro atoms. The van der Waals surface area contributed by atoms with Crippen LogP contribution in [0.2, 0.25) is 0 Å². The van der Waals surface area contributed by atoms with Gasteiger partial charge in [-0.1, -0.05) is 49.4 Å². The molecule has 4 nitrogen and oxygen atoms in total. The van der Waals surface area contributed by atoms with Gasteiger partial charge in [-0.05, 0) is 54.8 Å². The molecule has 0 unspecified atom stereocenters. The molecule has 0 atom stereocenters. The average Bonchev–Trinajstić information content (AvgIpc) is 2.70. The number of hydrogen-bond acceptors (Lipinski definition) is 2. The van der Waals surface area contributed by atoms with Crippen molar-refractivity contribution >= 4 is 23.2 Å². The van der Waals surface area contributed by atoms with E-state index in [9.17, 15) is 9.59 Å². The van der Waals surface area contributed by atoms with Gasteiger partial charge < -0.3 is 10.6 Å². The number of nitrogens with one attached hydrogen (secondary N) is 2. The smallest absolute Gasteiger partial charge is 0.255 e. The Morgan fingerprint density at radius 3 is 2.11 bits per heavy atom. The van der Waals surface area contributed by atoms with Crippen molar-refractivity contribution in [3.63, 3.8) is 0 Å². The van der Waals surface area contributed by atoms with E-state index in [0.29, 0.717) is 16.8 Å². The molecule has 0 radical (unpaired) electrons. The number of rotatable bonds is 5. The Morgan fingerprint density at radius 1 is 0.741 bits per heavy atom. The summed E-state index contributed by atoms with van der Waals surface area (Å²) >= 11 is 0. The molecule has 0 aromatic heterocycles. The minimum atomic E-state index is -0.203. The molecule has 3 aromatic carbocycles. The summed E-state index contributed by atoms with van der Waals surface area (Å²) < 4.78 is 0. The fourth-order valence-corrected chi connectivity index (χ4v) is 2.83. The SMILES string of the molecule is CCc1ccccc1NC(=O)c1ccc(C)c(NC(=O)c2ccccc2)c1. The van der Waals surface area contributed by atoms with E-state index in [4.69, 9.17) is 0 Å². The Labute approximate surface area is 159 Å². The van der Waals surface area contributed by atoms with Crippen molar-refractivity contribution < 1.29 is 9.59 Å². The standard InChI is InChI=1S/C23H22N2O2/c1-3-17-9-7-8-12-20(17)24-23(27)19-14-13-16(2)21(15-19)25-22(26)18-10-5-4-6-11-18/h4-15H,3H2,1-2H3,(H,24,27)(H,25,26). The van der Waals surface area contributed by atoms with E-state index in [0.717, 1.165) is 23.2 Å². The minimum absolute atomic E-state index is 0.201. The molecule has 2 amide bonds. The van der Waals surface area contributed by atoms with Crippen LogP contribution in [0.25, 0.3) is 0 Å². The average molecular weight is 358 g/mol. The summed E-state index contributed by atoms with van der Waals surface area (Å²) in [5, 5.41) is 5.85. The number of benzene rings is 3. The Morgan fingerprint density at radius 2 is 1.37 bits per heavy atom. The molecule has 3 aromatic rings. The van der Waals surface area contributed by atoms with E-state index in [-0.39, 0.29) is 11.8 Å². The van der Waals surface area contributed by atoms with Crippen LogP contribution < -0.4 is 10.6 Å². The third-order valence-electron chi connectivity index (χ3n) is 4.43. The van der Waals surface area contributed by atoms with Crippen LogP contribution in [0.15, 0.2) is 72.8 Å². The molecule has 0 aliphatic carbocycles. The van der Waals surface area contributed by atoms with Crippen molar-refractivity contribution in [1.29, 1.82) is 0 Å². The lowest BCUT2D eigenvalue weighted by Gasteiger charge is -2.12. The molecule has 0 fully saturated rings. The minimum Gasteiger partial charge on any atom is -0.322 e. The first-order valence-electron chi connectivity index (χ1n) is 8.94. The zero-order chi connectivity index (χ0) is 19.2. The zero-order valence-electron chi connectivity index (χ0n) is 15.5. The van der Waals surface area contributed by atoms with Crippen LogP contribution in [-0.4, -0.2) is 11.8 Å². The molecule has 0 bridgehead atoms. The molecule has 0 saturated carbocycles. The van der Waals surface area contributed by atoms with Crippen molar-refractivity contribution in [1.82, 2.24) is 0 Å². The van der Waals surface area contributed by atoms with Gasteiger partial charge in [-0.25, -0.2) is 0 Å². The molecule has 27 heavy (non-hydrogen) atoms. The topological polar surface area (TPSA) is 58.2 Å². The summed E-state index contributed by atoms with van der Waals surface area (Å²) in [6.45, 7) is 3.95. The maximum Gasteiger partial charge on any atom is 0.255 e. The lowest BCUT2D eigenvalue weighted by molar-refractivity contribution is 0.101. The van der Waals surface area contributed by atoms with Gasteiger partial charge in [-0.3, -0.25) is 9.59 Å². The van der Waals surface area contributed by atoms with E-state index < -0.39 is 0 Å². The van der Waals surface area contributed by atoms with Crippen LogP contribution in [0, 0.1) is 6.92 Å². The van der Waals surface area contributed by atoms with Crippen LogP contribution in [0.5, 0.6) is 0 Å². The van der Waals surface area contributed by atoms with Crippen molar-refractivity contribution in [2.24, 2.45) is 0 Å². The van der Waals surface area contributed by atoms with Gasteiger partial charge in [-0.2, -0.15) is 0 Å². The normalized spacial score (nSPS) is 10.3. The van der Waals surface area contributed by atoms with E-state index in [1.165, 1.54) is 0 Å². The third kappa shape index (κ3) is 4.42. The number of anilines is 2. The lowest BCUT2D eigenvalue weighted by Crippen LogP contribution is -2.16. The summed E-state index contributed by atoms with van der Waals surface area (Å²) in [7, 11) is 0. The second-order valence-electron chi connectivity index (χ2n) is 6.31. The van der Waals surface area contributed by atoms with Gasteiger partial charge in [0.05, 0.1) is 0 Å². The van der Waals surface area contributed by atoms with Gasteiger partial charge >= 0.3 is 0 Å². The lowest BCUT2D eigenvalue weighted by atomic mass is 10.1. The first kappa shape index (κ1) is 18.4. The molecule has 0 aliphatic heterocycles. The predicted molar refractivity (Wildman–Crippen MR) is 109 cm³/mol. The largest absolute Gasteiger partial charge is 0.322 e. The molecular weight excluding hydrogens is 336 g/mol. The highest BCUT2D eigenvalue weighted by Crippen LogP contribution is 2.21. The number of carbonyl (C=O) groups is 2. The zero-order valence-corrected chi connectivity index (χ0v) is 15.5. The summed E-state index contributed by atoms with van der Waals surface area (Å²) in [4.78, 5) is 25.1. The van der Waals surface area contributed by atoms with Gasteiger partial charge in [-0.15, -0.1) is 0 Å². The Bertz CT molecular complexity index is 965. The molecule has 0 aliphatic rings. The Hall–Kier alpha value is -3.40. The maximum absolute atomic E-state index is 12.7. The monoisotopic (exact) mass is 358 g/mol. The van der Waals surface area contributed by atoms with Crippen LogP contribution in [0.3, 0.4) is 0 Å². The second kappa shape index (κ2) is 8.32. The van der Waals surface area contributed by atoms with Gasteiger partial charge in [0.15, 0.2) is 0 Å². The molecule has 0 saturated heterocycles. The fourth-order valence-electron chi connectivity index (χ4n) is 2.83. The number of amides is 2. The first-order valence-corrected chi connectivity index (χ1v) is 8.94. The molecular formula is C23H22N2O2. The van der Waals surface area contributed by atoms with Crippen LogP contribution in [-0.2, 0) is 6.42 Å². The summed E-state index contributed by atoms with van der Waals surface area (Å²) in [6, 6.07) is 22.0. The van der Waals surface area contributed by atoms with Gasteiger partial charge in [0, 0.05) is 22.5 Å². The van der Waals surface area contributed by atoms with Crippen molar-refractivity contribution in [3.8, 4) is 0 Å².